The summed E-state index contributed by atoms with van der Waals surface area (Å²) < 4.78 is 14.0. The van der Waals surface area contributed by atoms with E-state index in [9.17, 15) is 0 Å². The van der Waals surface area contributed by atoms with Gasteiger partial charge < -0.3 is 4.74 Å². The molecule has 5 aromatic heterocycles. The molecule has 0 saturated carbocycles. The number of aromatic nitrogens is 4. The Kier molecular flexibility index (Phi) is 9.08. The van der Waals surface area contributed by atoms with Crippen molar-refractivity contribution < 1.29 is 9.14 Å². The molecule has 0 aliphatic carbocycles. The van der Waals surface area contributed by atoms with E-state index in [2.05, 4.69) is 259 Å². The Morgan fingerprint density at radius 1 is 0.423 bits per heavy atom. The van der Waals surface area contributed by atoms with Gasteiger partial charge in [-0.3, -0.25) is 13.4 Å². The van der Waals surface area contributed by atoms with Crippen LogP contribution in [-0.4, -0.2) is 14.0 Å². The fourth-order valence-corrected chi connectivity index (χ4v) is 11.2. The topological polar surface area (TPSA) is 35.6 Å². The van der Waals surface area contributed by atoms with Crippen LogP contribution in [0.25, 0.3) is 115 Å². The fraction of sp³-hybridized carbons (Fsp3) is 0.0606. The van der Waals surface area contributed by atoms with E-state index in [0.717, 1.165) is 93.5 Å². The highest BCUT2D eigenvalue weighted by Crippen LogP contribution is 2.41. The maximum atomic E-state index is 7.07. The normalized spacial score (nSPS) is 12.2. The number of pyridine rings is 1. The maximum Gasteiger partial charge on any atom is 0.269 e. The first-order valence-electron chi connectivity index (χ1n) is 24.4. The van der Waals surface area contributed by atoms with Gasteiger partial charge in [0.2, 0.25) is 0 Å². The van der Waals surface area contributed by atoms with Crippen LogP contribution in [0.2, 0.25) is 0 Å². The molecule has 0 aliphatic heterocycles. The molecular weight excluding hydrogens is 865 g/mol. The van der Waals surface area contributed by atoms with Crippen LogP contribution < -0.4 is 9.14 Å². The van der Waals surface area contributed by atoms with Crippen LogP contribution in [0.1, 0.15) is 26.3 Å². The second kappa shape index (κ2) is 15.7. The molecule has 0 unspecified atom stereocenters. The van der Waals surface area contributed by atoms with E-state index in [0.29, 0.717) is 5.75 Å². The van der Waals surface area contributed by atoms with Crippen molar-refractivity contribution in [2.45, 2.75) is 26.2 Å². The van der Waals surface area contributed by atoms with Crippen molar-refractivity contribution in [1.29, 1.82) is 0 Å². The molecule has 5 heterocycles. The highest BCUT2D eigenvalue weighted by Gasteiger charge is 2.21. The number of ether oxygens (including phenoxy) is 1. The van der Waals surface area contributed by atoms with Crippen molar-refractivity contribution in [3.05, 3.63) is 236 Å². The summed E-state index contributed by atoms with van der Waals surface area (Å²) in [5, 5.41) is 13.8. The lowest BCUT2D eigenvalue weighted by molar-refractivity contribution is -0.484. The van der Waals surface area contributed by atoms with E-state index in [1.165, 1.54) is 32.5 Å². The number of rotatable bonds is 4. The van der Waals surface area contributed by atoms with Crippen LogP contribution in [0.4, 0.5) is 0 Å². The molecule has 0 N–H and O–H groups in total. The average molecular weight is 911 g/mol. The Hall–Kier alpha value is -9.06. The smallest absolute Gasteiger partial charge is 0.269 e. The summed E-state index contributed by atoms with van der Waals surface area (Å²) in [7, 11) is 0. The van der Waals surface area contributed by atoms with Crippen LogP contribution in [0, 0.1) is 6.33 Å². The zero-order chi connectivity index (χ0) is 47.4. The SMILES string of the molecule is CC(C)(C)c1ccnc(-n2c3ccccc3c3ccc(Oc4ccc5c6ccccc6c6ccccc6c6c7c8ccccc8c8ccccc8c8cccc(-c9ccccc9)c8[n+]7[c-]n6c5c4)cc32)c1. The number of benzene rings is 9. The highest BCUT2D eigenvalue weighted by atomic mass is 16.5. The van der Waals surface area contributed by atoms with E-state index >= 15 is 0 Å². The van der Waals surface area contributed by atoms with Crippen LogP contribution in [0.15, 0.2) is 225 Å². The Bertz CT molecular complexity index is 4600. The second-order valence-corrected chi connectivity index (χ2v) is 19.7. The molecule has 14 aromatic rings. The number of hydrogen-bond acceptors (Lipinski definition) is 2. The summed E-state index contributed by atoms with van der Waals surface area (Å²) in [6.45, 7) is 6.73. The lowest BCUT2D eigenvalue weighted by Gasteiger charge is -2.20. The first-order chi connectivity index (χ1) is 34.9. The average Bonchev–Trinajstić information content (AvgIpc) is 3.96. The Morgan fingerprint density at radius 2 is 0.915 bits per heavy atom. The van der Waals surface area contributed by atoms with Crippen LogP contribution in [0.3, 0.4) is 0 Å². The van der Waals surface area contributed by atoms with E-state index in [1.807, 2.05) is 6.20 Å². The number of hydrogen-bond donors (Lipinski definition) is 0. The van der Waals surface area contributed by atoms with Crippen LogP contribution in [-0.2, 0) is 5.41 Å². The van der Waals surface area contributed by atoms with Gasteiger partial charge in [0.25, 0.3) is 6.33 Å². The van der Waals surface area contributed by atoms with Crippen molar-refractivity contribution >= 4 is 97.7 Å². The Labute approximate surface area is 410 Å². The zero-order valence-electron chi connectivity index (χ0n) is 39.6. The number of para-hydroxylation sites is 2. The minimum absolute atomic E-state index is 0.0349. The molecule has 336 valence electrons. The van der Waals surface area contributed by atoms with E-state index in [1.54, 1.807) is 0 Å². The first-order valence-corrected chi connectivity index (χ1v) is 24.4. The molecule has 0 amide bonds. The maximum absolute atomic E-state index is 7.07. The monoisotopic (exact) mass is 910 g/mol. The largest absolute Gasteiger partial charge is 0.458 e. The van der Waals surface area contributed by atoms with Gasteiger partial charge in [-0.1, -0.05) is 191 Å². The molecular formula is C66H46N4O. The van der Waals surface area contributed by atoms with Crippen molar-refractivity contribution in [2.24, 2.45) is 0 Å². The quantitative estimate of drug-likeness (QED) is 0.130. The van der Waals surface area contributed by atoms with Crippen molar-refractivity contribution in [1.82, 2.24) is 14.0 Å². The summed E-state index contributed by atoms with van der Waals surface area (Å²) in [5.41, 5.74) is 9.73. The van der Waals surface area contributed by atoms with Gasteiger partial charge in [-0.25, -0.2) is 4.98 Å². The predicted octanol–water partition coefficient (Wildman–Crippen LogP) is 16.8. The van der Waals surface area contributed by atoms with E-state index in [4.69, 9.17) is 9.72 Å². The van der Waals surface area contributed by atoms with Gasteiger partial charge >= 0.3 is 0 Å². The molecule has 14 rings (SSSR count). The molecule has 5 heteroatoms. The molecule has 9 aromatic carbocycles. The van der Waals surface area contributed by atoms with Gasteiger partial charge in [-0.15, -0.1) is 0 Å². The minimum Gasteiger partial charge on any atom is -0.458 e. The van der Waals surface area contributed by atoms with E-state index in [-0.39, 0.29) is 5.41 Å². The molecule has 0 radical (unpaired) electrons. The van der Waals surface area contributed by atoms with Crippen molar-refractivity contribution in [3.8, 4) is 28.4 Å². The second-order valence-electron chi connectivity index (χ2n) is 19.7. The number of imidazole rings is 1. The lowest BCUT2D eigenvalue weighted by atomic mass is 9.88. The zero-order valence-corrected chi connectivity index (χ0v) is 39.6. The van der Waals surface area contributed by atoms with Gasteiger partial charge in [-0.05, 0) is 118 Å². The third kappa shape index (κ3) is 6.40. The van der Waals surface area contributed by atoms with Gasteiger partial charge in [0.15, 0.2) is 0 Å². The number of fused-ring (bicyclic) bond motifs is 20. The van der Waals surface area contributed by atoms with Gasteiger partial charge in [0, 0.05) is 23.0 Å². The third-order valence-corrected chi connectivity index (χ3v) is 14.5. The van der Waals surface area contributed by atoms with Crippen LogP contribution >= 0.6 is 0 Å². The minimum atomic E-state index is -0.0349. The Balaban J connectivity index is 1.12. The first kappa shape index (κ1) is 41.0. The number of nitrogens with zero attached hydrogens (tertiary/aromatic N) is 4. The fourth-order valence-electron chi connectivity index (χ4n) is 11.2. The lowest BCUT2D eigenvalue weighted by Crippen LogP contribution is -2.20. The molecule has 0 fully saturated rings. The van der Waals surface area contributed by atoms with Gasteiger partial charge in [0.1, 0.15) is 17.3 Å². The molecule has 0 spiro atoms. The summed E-state index contributed by atoms with van der Waals surface area (Å²) in [6, 6.07) is 78.7. The van der Waals surface area contributed by atoms with Crippen LogP contribution in [0.5, 0.6) is 11.5 Å². The summed E-state index contributed by atoms with van der Waals surface area (Å²) in [5.74, 6) is 2.33. The Morgan fingerprint density at radius 3 is 1.58 bits per heavy atom. The van der Waals surface area contributed by atoms with Crippen molar-refractivity contribution in [2.75, 3.05) is 0 Å². The van der Waals surface area contributed by atoms with E-state index < -0.39 is 0 Å². The van der Waals surface area contributed by atoms with Gasteiger partial charge in [-0.2, -0.15) is 0 Å². The van der Waals surface area contributed by atoms with Crippen molar-refractivity contribution in [3.63, 3.8) is 0 Å². The third-order valence-electron chi connectivity index (χ3n) is 14.5. The molecule has 0 atom stereocenters. The summed E-state index contributed by atoms with van der Waals surface area (Å²) in [6.07, 6.45) is 6.02. The molecule has 0 aliphatic rings. The molecule has 5 nitrogen and oxygen atoms in total. The summed E-state index contributed by atoms with van der Waals surface area (Å²) >= 11 is 0. The summed E-state index contributed by atoms with van der Waals surface area (Å²) in [4.78, 5) is 4.95. The van der Waals surface area contributed by atoms with Gasteiger partial charge in [0.05, 0.1) is 33.1 Å². The standard InChI is InChI=1S/C66H46N4O/c1-66(2,3)43-36-37-67-62(38-43)70-59-31-16-15-26-53(59)55-35-33-45(40-61(55)70)71-44-32-34-54-49-22-9-7-20-47(49)51-24-11-13-27-57(51)64-65-58-28-14-12-25-52(58)48-21-8-10-23-50(48)56-30-17-29-46(42-18-5-4-6-19-42)63(56)69(65)41-68(64)60(54)39-44/h4-40H,1-3H3. The molecule has 71 heavy (non-hydrogen) atoms. The molecule has 0 bridgehead atoms. The molecule has 0 saturated heterocycles. The predicted molar refractivity (Wildman–Crippen MR) is 295 cm³/mol. The highest BCUT2D eigenvalue weighted by molar-refractivity contribution is 6.24.